The Morgan fingerprint density at radius 2 is 2.36 bits per heavy atom. The zero-order valence-corrected chi connectivity index (χ0v) is 9.03. The highest BCUT2D eigenvalue weighted by Gasteiger charge is 2.14. The van der Waals surface area contributed by atoms with Gasteiger partial charge >= 0.3 is 5.97 Å². The summed E-state index contributed by atoms with van der Waals surface area (Å²) in [6.07, 6.45) is 7.01. The molecule has 0 heterocycles. The third-order valence-electron chi connectivity index (χ3n) is 2.34. The maximum atomic E-state index is 11.3. The molecule has 0 aromatic heterocycles. The van der Waals surface area contributed by atoms with E-state index in [1.807, 2.05) is 19.0 Å². The topological polar surface area (TPSA) is 29.5 Å². The lowest BCUT2D eigenvalue weighted by atomic mass is 10.1. The van der Waals surface area contributed by atoms with Gasteiger partial charge < -0.3 is 9.64 Å². The predicted octanol–water partition coefficient (Wildman–Crippen LogP) is 1.45. The average Bonchev–Trinajstić information content (AvgIpc) is 2.56. The van der Waals surface area contributed by atoms with Gasteiger partial charge in [0.2, 0.25) is 0 Å². The van der Waals surface area contributed by atoms with Gasteiger partial charge in [0.15, 0.2) is 0 Å². The smallest absolute Gasteiger partial charge is 0.306 e. The highest BCUT2D eigenvalue weighted by atomic mass is 16.5. The number of likely N-dealkylation sites (N-methyl/N-ethyl adjacent to an activating group) is 1. The molecule has 0 aliphatic heterocycles. The number of hydrogen-bond donors (Lipinski definition) is 0. The summed E-state index contributed by atoms with van der Waals surface area (Å²) in [6.45, 7) is 1.30. The number of carbonyl (C=O) groups is 1. The molecule has 0 amide bonds. The Balaban J connectivity index is 2.06. The standard InChI is InChI=1S/C11H19NO2/c1-12(2)7-8-14-11(13)9-10-5-3-4-6-10/h3,5,10H,4,6-9H2,1-2H3. The van der Waals surface area contributed by atoms with E-state index in [1.165, 1.54) is 0 Å². The minimum atomic E-state index is -0.0663. The molecule has 3 nitrogen and oxygen atoms in total. The first-order chi connectivity index (χ1) is 6.68. The van der Waals surface area contributed by atoms with Crippen LogP contribution in [0.3, 0.4) is 0 Å². The van der Waals surface area contributed by atoms with Crippen molar-refractivity contribution in [3.05, 3.63) is 12.2 Å². The van der Waals surface area contributed by atoms with Gasteiger partial charge in [-0.3, -0.25) is 4.79 Å². The number of esters is 1. The number of allylic oxidation sites excluding steroid dienone is 2. The highest BCUT2D eigenvalue weighted by molar-refractivity contribution is 5.70. The molecule has 0 aromatic carbocycles. The monoisotopic (exact) mass is 197 g/mol. The van der Waals surface area contributed by atoms with Gasteiger partial charge in [0, 0.05) is 6.54 Å². The molecule has 80 valence electrons. The molecule has 0 bridgehead atoms. The fraction of sp³-hybridized carbons (Fsp3) is 0.727. The Kier molecular flexibility index (Phi) is 4.66. The van der Waals surface area contributed by atoms with Crippen molar-refractivity contribution in [1.29, 1.82) is 0 Å². The van der Waals surface area contributed by atoms with Gasteiger partial charge in [-0.25, -0.2) is 0 Å². The molecule has 0 aromatic rings. The van der Waals surface area contributed by atoms with Crippen molar-refractivity contribution in [3.63, 3.8) is 0 Å². The van der Waals surface area contributed by atoms with E-state index in [4.69, 9.17) is 4.74 Å². The summed E-state index contributed by atoms with van der Waals surface area (Å²) < 4.78 is 5.10. The molecular weight excluding hydrogens is 178 g/mol. The Morgan fingerprint density at radius 3 is 2.93 bits per heavy atom. The lowest BCUT2D eigenvalue weighted by Crippen LogP contribution is -2.20. The van der Waals surface area contributed by atoms with Crippen molar-refractivity contribution >= 4 is 5.97 Å². The first kappa shape index (κ1) is 11.2. The quantitative estimate of drug-likeness (QED) is 0.493. The van der Waals surface area contributed by atoms with Crippen LogP contribution >= 0.6 is 0 Å². The third kappa shape index (κ3) is 4.42. The maximum Gasteiger partial charge on any atom is 0.306 e. The number of nitrogens with zero attached hydrogens (tertiary/aromatic N) is 1. The molecule has 0 saturated carbocycles. The highest BCUT2D eigenvalue weighted by Crippen LogP contribution is 2.20. The van der Waals surface area contributed by atoms with Crippen LogP contribution in [-0.2, 0) is 9.53 Å². The fourth-order valence-electron chi connectivity index (χ4n) is 1.48. The molecule has 0 radical (unpaired) electrons. The van der Waals surface area contributed by atoms with Gasteiger partial charge in [-0.15, -0.1) is 0 Å². The van der Waals surface area contributed by atoms with Gasteiger partial charge in [-0.05, 0) is 32.9 Å². The summed E-state index contributed by atoms with van der Waals surface area (Å²) >= 11 is 0. The van der Waals surface area contributed by atoms with Gasteiger partial charge in [-0.1, -0.05) is 12.2 Å². The molecule has 0 N–H and O–H groups in total. The first-order valence-corrected chi connectivity index (χ1v) is 5.15. The van der Waals surface area contributed by atoms with E-state index in [9.17, 15) is 4.79 Å². The van der Waals surface area contributed by atoms with Crippen LogP contribution in [0.2, 0.25) is 0 Å². The summed E-state index contributed by atoms with van der Waals surface area (Å²) in [5, 5.41) is 0. The number of rotatable bonds is 5. The van der Waals surface area contributed by atoms with E-state index in [2.05, 4.69) is 12.2 Å². The summed E-state index contributed by atoms with van der Waals surface area (Å²) in [4.78, 5) is 13.3. The van der Waals surface area contributed by atoms with E-state index in [-0.39, 0.29) is 5.97 Å². The molecule has 1 rings (SSSR count). The number of carbonyl (C=O) groups excluding carboxylic acids is 1. The van der Waals surface area contributed by atoms with E-state index in [0.717, 1.165) is 19.4 Å². The molecule has 3 heteroatoms. The Hall–Kier alpha value is -0.830. The van der Waals surface area contributed by atoms with Crippen LogP contribution < -0.4 is 0 Å². The van der Waals surface area contributed by atoms with Crippen LogP contribution in [0.1, 0.15) is 19.3 Å². The lowest BCUT2D eigenvalue weighted by Gasteiger charge is -2.11. The van der Waals surface area contributed by atoms with Gasteiger partial charge in [-0.2, -0.15) is 0 Å². The summed E-state index contributed by atoms with van der Waals surface area (Å²) in [5.74, 6) is 0.352. The summed E-state index contributed by atoms with van der Waals surface area (Å²) in [6, 6.07) is 0. The fourth-order valence-corrected chi connectivity index (χ4v) is 1.48. The second kappa shape index (κ2) is 5.81. The van der Waals surface area contributed by atoms with Crippen LogP contribution in [0.4, 0.5) is 0 Å². The lowest BCUT2D eigenvalue weighted by molar-refractivity contribution is -0.144. The SMILES string of the molecule is CN(C)CCOC(=O)CC1C=CCC1. The molecule has 1 aliphatic rings. The Labute approximate surface area is 85.7 Å². The van der Waals surface area contributed by atoms with Crippen LogP contribution in [0.15, 0.2) is 12.2 Å². The average molecular weight is 197 g/mol. The van der Waals surface area contributed by atoms with Crippen LogP contribution in [0.25, 0.3) is 0 Å². The van der Waals surface area contributed by atoms with Crippen LogP contribution in [0, 0.1) is 5.92 Å². The third-order valence-corrected chi connectivity index (χ3v) is 2.34. The molecule has 1 unspecified atom stereocenters. The van der Waals surface area contributed by atoms with Crippen molar-refractivity contribution < 1.29 is 9.53 Å². The molecule has 1 atom stereocenters. The van der Waals surface area contributed by atoms with Crippen molar-refractivity contribution in [2.24, 2.45) is 5.92 Å². The summed E-state index contributed by atoms with van der Waals surface area (Å²) in [7, 11) is 3.93. The van der Waals surface area contributed by atoms with E-state index < -0.39 is 0 Å². The zero-order chi connectivity index (χ0) is 10.4. The van der Waals surface area contributed by atoms with Crippen molar-refractivity contribution in [2.75, 3.05) is 27.2 Å². The van der Waals surface area contributed by atoms with Crippen molar-refractivity contribution in [3.8, 4) is 0 Å². The van der Waals surface area contributed by atoms with E-state index in [0.29, 0.717) is 18.9 Å². The second-order valence-electron chi connectivity index (χ2n) is 3.99. The van der Waals surface area contributed by atoms with E-state index in [1.54, 1.807) is 0 Å². The Morgan fingerprint density at radius 1 is 1.57 bits per heavy atom. The van der Waals surface area contributed by atoms with Gasteiger partial charge in [0.25, 0.3) is 0 Å². The number of ether oxygens (including phenoxy) is 1. The molecule has 0 spiro atoms. The first-order valence-electron chi connectivity index (χ1n) is 5.15. The van der Waals surface area contributed by atoms with Crippen LogP contribution in [0.5, 0.6) is 0 Å². The molecule has 1 aliphatic carbocycles. The number of hydrogen-bond acceptors (Lipinski definition) is 3. The second-order valence-corrected chi connectivity index (χ2v) is 3.99. The minimum Gasteiger partial charge on any atom is -0.464 e. The molecule has 14 heavy (non-hydrogen) atoms. The molecular formula is C11H19NO2. The zero-order valence-electron chi connectivity index (χ0n) is 9.03. The predicted molar refractivity (Wildman–Crippen MR) is 56.0 cm³/mol. The molecule has 0 fully saturated rings. The van der Waals surface area contributed by atoms with Crippen LogP contribution in [-0.4, -0.2) is 38.1 Å². The minimum absolute atomic E-state index is 0.0663. The Bertz CT molecular complexity index is 211. The van der Waals surface area contributed by atoms with Crippen molar-refractivity contribution in [1.82, 2.24) is 4.90 Å². The normalized spacial score (nSPS) is 20.4. The maximum absolute atomic E-state index is 11.3. The van der Waals surface area contributed by atoms with Gasteiger partial charge in [0.05, 0.1) is 6.42 Å². The van der Waals surface area contributed by atoms with Crippen molar-refractivity contribution in [2.45, 2.75) is 19.3 Å². The van der Waals surface area contributed by atoms with E-state index >= 15 is 0 Å². The largest absolute Gasteiger partial charge is 0.464 e. The molecule has 0 saturated heterocycles. The summed E-state index contributed by atoms with van der Waals surface area (Å²) in [5.41, 5.74) is 0. The van der Waals surface area contributed by atoms with Gasteiger partial charge in [0.1, 0.15) is 6.61 Å².